The zero-order chi connectivity index (χ0) is 49.0. The molecule has 0 unspecified atom stereocenters. The number of carboxylic acid groups (broad SMARTS) is 2. The fourth-order valence-corrected chi connectivity index (χ4v) is 13.5. The van der Waals surface area contributed by atoms with E-state index in [0.717, 1.165) is 0 Å². The molecule has 0 aromatic heterocycles. The number of hydrogen-bond donors (Lipinski definition) is 2. The third-order valence-corrected chi connectivity index (χ3v) is 18.3. The first-order chi connectivity index (χ1) is 30.8. The van der Waals surface area contributed by atoms with Gasteiger partial charge in [-0.3, -0.25) is 9.59 Å². The van der Waals surface area contributed by atoms with E-state index in [9.17, 15) is 39.6 Å². The second-order valence-corrected chi connectivity index (χ2v) is 22.7. The molecule has 2 aliphatic heterocycles. The van der Waals surface area contributed by atoms with Gasteiger partial charge < -0.3 is 29.3 Å². The predicted molar refractivity (Wildman–Crippen MR) is 284 cm³/mol. The van der Waals surface area contributed by atoms with Crippen molar-refractivity contribution in [2.45, 2.75) is 0 Å². The molecule has 8 rings (SSSR count). The first-order valence-electron chi connectivity index (χ1n) is 16.8. The molecule has 4 aromatic rings. The fourth-order valence-electron chi connectivity index (χ4n) is 6.65. The summed E-state index contributed by atoms with van der Waals surface area (Å²) in [5.74, 6) is -3.61. The number of carboxylic acids is 2. The van der Waals surface area contributed by atoms with Gasteiger partial charge >= 0.3 is 71.1 Å². The van der Waals surface area contributed by atoms with Crippen LogP contribution in [-0.2, 0) is 0 Å². The quantitative estimate of drug-likeness (QED) is 0.0745. The van der Waals surface area contributed by atoms with E-state index < -0.39 is 45.4 Å². The molecule has 0 amide bonds. The van der Waals surface area contributed by atoms with Crippen molar-refractivity contribution < 1.29 is 98.0 Å². The van der Waals surface area contributed by atoms with E-state index in [1.54, 1.807) is 0 Å². The Morgan fingerprint density at radius 1 is 0.441 bits per heavy atom. The minimum absolute atomic E-state index is 0. The van der Waals surface area contributed by atoms with Crippen LogP contribution < -0.4 is 80.2 Å². The maximum atomic E-state index is 12.6. The van der Waals surface area contributed by atoms with Gasteiger partial charge in [-0.15, -0.1) is 0 Å². The molecule has 0 radical (unpaired) electrons. The molecule has 28 heteroatoms. The molecule has 4 aromatic carbocycles. The third kappa shape index (κ3) is 10.2. The monoisotopic (exact) mass is 1600 g/mol. The molecular weight excluding hydrogens is 1610 g/mol. The second kappa shape index (κ2) is 23.1. The minimum Gasteiger partial charge on any atom is -0.871 e. The average Bonchev–Trinajstić information content (AvgIpc) is 3.26. The van der Waals surface area contributed by atoms with Gasteiger partial charge in [0.1, 0.15) is 20.1 Å². The maximum Gasteiger partial charge on any atom is 1.00 e. The molecule has 0 saturated heterocycles. The summed E-state index contributed by atoms with van der Waals surface area (Å²) < 4.78 is 12.7. The maximum absolute atomic E-state index is 12.6. The van der Waals surface area contributed by atoms with Gasteiger partial charge in [-0.2, -0.15) is 0 Å². The van der Waals surface area contributed by atoms with Crippen molar-refractivity contribution in [3.63, 3.8) is 0 Å². The molecule has 0 saturated carbocycles. The number of carbonyl (C=O) groups is 2. The van der Waals surface area contributed by atoms with Crippen molar-refractivity contribution in [3.8, 4) is 56.4 Å². The first kappa shape index (κ1) is 59.8. The van der Waals surface area contributed by atoms with Crippen LogP contribution in [0.2, 0.25) is 40.2 Å². The Bertz CT molecular complexity index is 3380. The van der Waals surface area contributed by atoms with Crippen molar-refractivity contribution in [2.75, 3.05) is 0 Å². The van der Waals surface area contributed by atoms with Gasteiger partial charge in [0.2, 0.25) is 10.9 Å². The van der Waals surface area contributed by atoms with Crippen LogP contribution in [-0.4, -0.2) is 22.2 Å². The molecule has 4 aliphatic rings. The molecular formula is C40H6Br8Cl8Na2O10. The van der Waals surface area contributed by atoms with E-state index in [1.807, 2.05) is 0 Å². The van der Waals surface area contributed by atoms with Gasteiger partial charge in [-0.25, -0.2) is 9.59 Å². The van der Waals surface area contributed by atoms with Crippen molar-refractivity contribution in [1.29, 1.82) is 0 Å². The van der Waals surface area contributed by atoms with E-state index >= 15 is 0 Å². The smallest absolute Gasteiger partial charge is 0.871 e. The topological polar surface area (TPSA) is 181 Å². The van der Waals surface area contributed by atoms with Crippen LogP contribution in [0.25, 0.3) is 66.8 Å². The average molecular weight is 1620 g/mol. The molecule has 0 spiro atoms. The zero-order valence-electron chi connectivity index (χ0n) is 32.5. The van der Waals surface area contributed by atoms with E-state index in [4.69, 9.17) is 102 Å². The van der Waals surface area contributed by atoms with Crippen LogP contribution in [0.5, 0.6) is 11.5 Å². The standard InChI is InChI=1S/2C20H4Br4Cl4O5.2Na/c2*21-5-1-3-7(8-9(20(31)32)13(26)15(28)14(27)12(8)25)4-2-6(22)17(30)11(24)19(4)33-18(3)10(23)16(5)29;;/h2*1-2,29H,(H,31,32);;/q;;2*+1/p-2. The van der Waals surface area contributed by atoms with Crippen LogP contribution in [0.1, 0.15) is 20.7 Å². The van der Waals surface area contributed by atoms with Gasteiger partial charge in [0, 0.05) is 53.1 Å². The fraction of sp³-hybridized carbons (Fsp3) is 0. The van der Waals surface area contributed by atoms with Crippen molar-refractivity contribution in [3.05, 3.63) is 132 Å². The Morgan fingerprint density at radius 3 is 1.03 bits per heavy atom. The molecule has 0 atom stereocenters. The molecule has 0 bridgehead atoms. The number of aromatic carboxylic acids is 2. The van der Waals surface area contributed by atoms with E-state index in [0.29, 0.717) is 0 Å². The van der Waals surface area contributed by atoms with Crippen molar-refractivity contribution in [2.24, 2.45) is 0 Å². The van der Waals surface area contributed by atoms with Crippen LogP contribution >= 0.6 is 220 Å². The molecule has 2 heterocycles. The van der Waals surface area contributed by atoms with Gasteiger partial charge in [0.05, 0.1) is 69.2 Å². The molecule has 68 heavy (non-hydrogen) atoms. The van der Waals surface area contributed by atoms with E-state index in [2.05, 4.69) is 127 Å². The molecule has 2 N–H and O–H groups in total. The summed E-state index contributed by atoms with van der Waals surface area (Å²) in [6.07, 6.45) is 0. The first-order valence-corrected chi connectivity index (χ1v) is 26.2. The van der Waals surface area contributed by atoms with E-state index in [1.165, 1.54) is 24.3 Å². The van der Waals surface area contributed by atoms with Crippen molar-refractivity contribution >= 4 is 254 Å². The molecule has 340 valence electrons. The Kier molecular flexibility index (Phi) is 20.3. The number of rotatable bonds is 4. The number of halogens is 16. The largest absolute Gasteiger partial charge is 1.00 e. The number of benzene rings is 6. The summed E-state index contributed by atoms with van der Waals surface area (Å²) in [7, 11) is 0. The predicted octanol–water partition coefficient (Wildman–Crippen LogP) is 12.0. The normalized spacial score (nSPS) is 11.2. The summed E-state index contributed by atoms with van der Waals surface area (Å²) in [6, 6.07) is 5.80. The summed E-state index contributed by atoms with van der Waals surface area (Å²) in [6.45, 7) is 0. The summed E-state index contributed by atoms with van der Waals surface area (Å²) in [5, 5.41) is 43.9. The third-order valence-electron chi connectivity index (χ3n) is 9.47. The Labute approximate surface area is 531 Å². The Balaban J connectivity index is 0.000000247. The summed E-state index contributed by atoms with van der Waals surface area (Å²) in [4.78, 5) is 49.7. The SMILES string of the molecule is O=C(O)c1c(Cl)c(Cl)c(Cl)c(Cl)c1-c1c2cc(Br)c(=O)c(Br)c-2oc2c(Br)c([O-])c(Br)cc12.O=C(O)c1c(Cl)c(Cl)c(Cl)c(Cl)c1-c1c2cc(Br)c(=O)c(Br)c-2oc2c(Br)c([O-])c(Br)cc12.[Na+].[Na+]. The summed E-state index contributed by atoms with van der Waals surface area (Å²) >= 11 is 76.2. The minimum atomic E-state index is -1.42. The van der Waals surface area contributed by atoms with Crippen LogP contribution in [0.15, 0.2) is 78.5 Å². The molecule has 10 nitrogen and oxygen atoms in total. The van der Waals surface area contributed by atoms with Gasteiger partial charge in [0.25, 0.3) is 0 Å². The Morgan fingerprint density at radius 2 is 0.735 bits per heavy atom. The zero-order valence-corrected chi connectivity index (χ0v) is 55.3. The molecule has 2 aliphatic carbocycles. The van der Waals surface area contributed by atoms with E-state index in [-0.39, 0.29) is 202 Å². The van der Waals surface area contributed by atoms with Crippen LogP contribution in [0.4, 0.5) is 0 Å². The molecule has 0 fully saturated rings. The number of hydrogen-bond acceptors (Lipinski definition) is 8. The second-order valence-electron chi connectivity index (χ2n) is 13.1. The van der Waals surface area contributed by atoms with Gasteiger partial charge in [-0.1, -0.05) is 136 Å². The van der Waals surface area contributed by atoms with Crippen LogP contribution in [0.3, 0.4) is 0 Å². The van der Waals surface area contributed by atoms with Gasteiger partial charge in [-0.05, 0) is 120 Å². The van der Waals surface area contributed by atoms with Crippen LogP contribution in [0, 0.1) is 0 Å². The number of fused-ring (bicyclic) bond motifs is 4. The Hall–Kier alpha value is 0.960. The van der Waals surface area contributed by atoms with Crippen molar-refractivity contribution in [1.82, 2.24) is 0 Å². The summed E-state index contributed by atoms with van der Waals surface area (Å²) in [5.41, 5.74) is -0.738. The van der Waals surface area contributed by atoms with Gasteiger partial charge in [0.15, 0.2) is 11.5 Å².